The molecule has 1 saturated heterocycles. The summed E-state index contributed by atoms with van der Waals surface area (Å²) in [7, 11) is 1.95. The molecule has 0 radical (unpaired) electrons. The van der Waals surface area contributed by atoms with E-state index in [9.17, 15) is 4.79 Å². The summed E-state index contributed by atoms with van der Waals surface area (Å²) in [5.41, 5.74) is 6.84. The Hall–Kier alpha value is -1.30. The van der Waals surface area contributed by atoms with Gasteiger partial charge in [0.05, 0.1) is 23.9 Å². The second kappa shape index (κ2) is 7.64. The van der Waals surface area contributed by atoms with E-state index in [-0.39, 0.29) is 5.91 Å². The molecule has 1 aliphatic heterocycles. The zero-order chi connectivity index (χ0) is 15.2. The number of rotatable bonds is 5. The molecule has 1 atom stereocenters. The molecule has 0 bridgehead atoms. The fourth-order valence-corrected chi connectivity index (χ4v) is 2.64. The molecule has 21 heavy (non-hydrogen) atoms. The number of hydrogen-bond donors (Lipinski definition) is 2. The van der Waals surface area contributed by atoms with Gasteiger partial charge in [-0.1, -0.05) is 11.6 Å². The number of amides is 1. The summed E-state index contributed by atoms with van der Waals surface area (Å²) in [6, 6.07) is 5.08. The average molecular weight is 312 g/mol. The number of nitrogens with two attached hydrogens (primary N) is 1. The first-order chi connectivity index (χ1) is 10.0. The molecule has 1 amide bonds. The average Bonchev–Trinajstić information content (AvgIpc) is 2.43. The van der Waals surface area contributed by atoms with Crippen LogP contribution in [0.5, 0.6) is 0 Å². The Morgan fingerprint density at radius 3 is 3.05 bits per heavy atom. The number of benzene rings is 1. The quantitative estimate of drug-likeness (QED) is 0.818. The molecule has 1 aromatic rings. The molecule has 0 aliphatic carbocycles. The Balaban J connectivity index is 1.78. The predicted octanol–water partition coefficient (Wildman–Crippen LogP) is 2.22. The smallest absolute Gasteiger partial charge is 0.238 e. The third-order valence-corrected chi connectivity index (χ3v) is 3.86. The highest BCUT2D eigenvalue weighted by atomic mass is 35.5. The molecule has 1 heterocycles. The van der Waals surface area contributed by atoms with Crippen LogP contribution in [0.2, 0.25) is 5.02 Å². The monoisotopic (exact) mass is 311 g/mol. The van der Waals surface area contributed by atoms with Crippen LogP contribution in [-0.4, -0.2) is 44.2 Å². The van der Waals surface area contributed by atoms with Gasteiger partial charge in [-0.05, 0) is 44.0 Å². The molecule has 0 aromatic heterocycles. The van der Waals surface area contributed by atoms with Gasteiger partial charge in [0.1, 0.15) is 0 Å². The van der Waals surface area contributed by atoms with Gasteiger partial charge >= 0.3 is 0 Å². The molecule has 1 fully saturated rings. The van der Waals surface area contributed by atoms with Crippen molar-refractivity contribution in [3.63, 3.8) is 0 Å². The van der Waals surface area contributed by atoms with Gasteiger partial charge in [0.25, 0.3) is 0 Å². The van der Waals surface area contributed by atoms with Crippen LogP contribution in [0.15, 0.2) is 18.2 Å². The van der Waals surface area contributed by atoms with E-state index in [1.807, 2.05) is 11.9 Å². The lowest BCUT2D eigenvalue weighted by Gasteiger charge is -2.26. The Bertz CT molecular complexity index is 490. The van der Waals surface area contributed by atoms with Crippen LogP contribution in [0.3, 0.4) is 0 Å². The molecular weight excluding hydrogens is 290 g/mol. The zero-order valence-corrected chi connectivity index (χ0v) is 13.0. The molecule has 116 valence electrons. The molecule has 1 aromatic carbocycles. The second-order valence-corrected chi connectivity index (χ2v) is 5.97. The predicted molar refractivity (Wildman–Crippen MR) is 85.5 cm³/mol. The van der Waals surface area contributed by atoms with Crippen molar-refractivity contribution in [1.82, 2.24) is 4.90 Å². The number of nitrogens with zero attached hydrogens (tertiary/aromatic N) is 1. The van der Waals surface area contributed by atoms with Gasteiger partial charge in [0.2, 0.25) is 5.91 Å². The highest BCUT2D eigenvalue weighted by Gasteiger charge is 2.17. The SMILES string of the molecule is CN(CC(=O)Nc1ccc(Cl)c(N)c1)CC1CCCOC1. The van der Waals surface area contributed by atoms with Crippen molar-refractivity contribution in [1.29, 1.82) is 0 Å². The van der Waals surface area contributed by atoms with E-state index in [4.69, 9.17) is 22.1 Å². The van der Waals surface area contributed by atoms with Gasteiger partial charge < -0.3 is 15.8 Å². The van der Waals surface area contributed by atoms with Crippen LogP contribution in [0.25, 0.3) is 0 Å². The number of ether oxygens (including phenoxy) is 1. The van der Waals surface area contributed by atoms with Gasteiger partial charge in [-0.2, -0.15) is 0 Å². The molecule has 3 N–H and O–H groups in total. The molecule has 1 aliphatic rings. The number of likely N-dealkylation sites (N-methyl/N-ethyl adjacent to an activating group) is 1. The number of hydrogen-bond acceptors (Lipinski definition) is 4. The lowest BCUT2D eigenvalue weighted by molar-refractivity contribution is -0.117. The van der Waals surface area contributed by atoms with Crippen LogP contribution in [0.4, 0.5) is 11.4 Å². The Kier molecular flexibility index (Phi) is 5.85. The molecule has 0 spiro atoms. The van der Waals surface area contributed by atoms with Gasteiger partial charge in [-0.3, -0.25) is 9.69 Å². The summed E-state index contributed by atoms with van der Waals surface area (Å²) in [6.07, 6.45) is 2.27. The summed E-state index contributed by atoms with van der Waals surface area (Å²) in [6.45, 7) is 2.87. The summed E-state index contributed by atoms with van der Waals surface area (Å²) in [5.74, 6) is 0.457. The first-order valence-electron chi connectivity index (χ1n) is 7.16. The van der Waals surface area contributed by atoms with Crippen LogP contribution in [0, 0.1) is 5.92 Å². The van der Waals surface area contributed by atoms with E-state index in [0.717, 1.165) is 26.2 Å². The minimum absolute atomic E-state index is 0.0593. The van der Waals surface area contributed by atoms with Gasteiger partial charge in [0, 0.05) is 18.8 Å². The standard InChI is InChI=1S/C15H22ClN3O2/c1-19(8-11-3-2-6-21-10-11)9-15(20)18-12-4-5-13(16)14(17)7-12/h4-5,7,11H,2-3,6,8-10,17H2,1H3,(H,18,20). The van der Waals surface area contributed by atoms with Gasteiger partial charge in [-0.15, -0.1) is 0 Å². The number of carbonyl (C=O) groups is 1. The first kappa shape index (κ1) is 16.1. The summed E-state index contributed by atoms with van der Waals surface area (Å²) in [4.78, 5) is 14.0. The Morgan fingerprint density at radius 2 is 2.38 bits per heavy atom. The Labute approximate surface area is 130 Å². The maximum Gasteiger partial charge on any atom is 0.238 e. The van der Waals surface area contributed by atoms with E-state index < -0.39 is 0 Å². The molecule has 1 unspecified atom stereocenters. The zero-order valence-electron chi connectivity index (χ0n) is 12.3. The topological polar surface area (TPSA) is 67.6 Å². The van der Waals surface area contributed by atoms with Crippen molar-refractivity contribution < 1.29 is 9.53 Å². The number of nitrogen functional groups attached to an aromatic ring is 1. The van der Waals surface area contributed by atoms with Crippen molar-refractivity contribution in [2.75, 3.05) is 44.4 Å². The van der Waals surface area contributed by atoms with Crippen LogP contribution >= 0.6 is 11.6 Å². The number of anilines is 2. The fraction of sp³-hybridized carbons (Fsp3) is 0.533. The number of carbonyl (C=O) groups excluding carboxylic acids is 1. The first-order valence-corrected chi connectivity index (χ1v) is 7.53. The highest BCUT2D eigenvalue weighted by molar-refractivity contribution is 6.33. The number of nitrogens with one attached hydrogen (secondary N) is 1. The summed E-state index contributed by atoms with van der Waals surface area (Å²) >= 11 is 5.85. The number of halogens is 1. The van der Waals surface area contributed by atoms with Crippen molar-refractivity contribution in [2.24, 2.45) is 5.92 Å². The van der Waals surface area contributed by atoms with Crippen molar-refractivity contribution in [3.8, 4) is 0 Å². The highest BCUT2D eigenvalue weighted by Crippen LogP contribution is 2.22. The van der Waals surface area contributed by atoms with Crippen LogP contribution < -0.4 is 11.1 Å². The molecule has 2 rings (SSSR count). The molecule has 5 nitrogen and oxygen atoms in total. The fourth-order valence-electron chi connectivity index (χ4n) is 2.52. The van der Waals surface area contributed by atoms with Crippen LogP contribution in [-0.2, 0) is 9.53 Å². The van der Waals surface area contributed by atoms with Crippen LogP contribution in [0.1, 0.15) is 12.8 Å². The minimum atomic E-state index is -0.0593. The van der Waals surface area contributed by atoms with Crippen molar-refractivity contribution in [2.45, 2.75) is 12.8 Å². The summed E-state index contributed by atoms with van der Waals surface area (Å²) < 4.78 is 5.45. The normalized spacial score (nSPS) is 18.7. The largest absolute Gasteiger partial charge is 0.397 e. The lowest BCUT2D eigenvalue weighted by atomic mass is 10.0. The maximum absolute atomic E-state index is 12.0. The second-order valence-electron chi connectivity index (χ2n) is 5.56. The third kappa shape index (κ3) is 5.19. The minimum Gasteiger partial charge on any atom is -0.397 e. The van der Waals surface area contributed by atoms with Crippen molar-refractivity contribution >= 4 is 28.9 Å². The molecule has 6 heteroatoms. The molecule has 0 saturated carbocycles. The van der Waals surface area contributed by atoms with E-state index in [0.29, 0.717) is 28.9 Å². The third-order valence-electron chi connectivity index (χ3n) is 3.52. The Morgan fingerprint density at radius 1 is 1.57 bits per heavy atom. The van der Waals surface area contributed by atoms with E-state index in [1.165, 1.54) is 6.42 Å². The molecular formula is C15H22ClN3O2. The summed E-state index contributed by atoms with van der Waals surface area (Å²) in [5, 5.41) is 3.32. The van der Waals surface area contributed by atoms with E-state index >= 15 is 0 Å². The van der Waals surface area contributed by atoms with Gasteiger partial charge in [-0.25, -0.2) is 0 Å². The van der Waals surface area contributed by atoms with Gasteiger partial charge in [0.15, 0.2) is 0 Å². The van der Waals surface area contributed by atoms with E-state index in [2.05, 4.69) is 5.32 Å². The maximum atomic E-state index is 12.0. The van der Waals surface area contributed by atoms with Crippen molar-refractivity contribution in [3.05, 3.63) is 23.2 Å². The lowest BCUT2D eigenvalue weighted by Crippen LogP contribution is -2.36. The van der Waals surface area contributed by atoms with E-state index in [1.54, 1.807) is 18.2 Å².